The third-order valence-electron chi connectivity index (χ3n) is 1.80. The molecular formula is C9H11ClO5PS2+. The lowest BCUT2D eigenvalue weighted by atomic mass is 10.4. The predicted octanol–water partition coefficient (Wildman–Crippen LogP) is 2.85. The highest BCUT2D eigenvalue weighted by Gasteiger charge is 2.27. The van der Waals surface area contributed by atoms with Gasteiger partial charge in [-0.15, -0.1) is 11.8 Å². The Hall–Kier alpha value is -0.170. The van der Waals surface area contributed by atoms with E-state index in [1.807, 2.05) is 6.92 Å². The number of benzene rings is 1. The van der Waals surface area contributed by atoms with Gasteiger partial charge in [0.25, 0.3) is 6.35 Å². The van der Waals surface area contributed by atoms with E-state index in [1.54, 1.807) is 12.1 Å². The molecule has 9 heteroatoms. The van der Waals surface area contributed by atoms with Gasteiger partial charge in [-0.1, -0.05) is 24.6 Å². The predicted molar refractivity (Wildman–Crippen MR) is 70.8 cm³/mol. The number of rotatable bonds is 6. The van der Waals surface area contributed by atoms with E-state index in [2.05, 4.69) is 4.18 Å². The Bertz CT molecular complexity index is 546. The van der Waals surface area contributed by atoms with Gasteiger partial charge in [0, 0.05) is 4.90 Å². The first kappa shape index (κ1) is 15.9. The quantitative estimate of drug-likeness (QED) is 0.491. The topological polar surface area (TPSA) is 80.7 Å². The highest BCUT2D eigenvalue weighted by molar-refractivity contribution is 8.00. The first-order chi connectivity index (χ1) is 8.38. The SMILES string of the molecule is CCSc1cccc(Cl)c1S(=O)(=O)OC[P+](=O)O. The van der Waals surface area contributed by atoms with Gasteiger partial charge in [0.05, 0.1) is 5.02 Å². The average Bonchev–Trinajstić information content (AvgIpc) is 2.27. The molecule has 100 valence electrons. The average molecular weight is 330 g/mol. The van der Waals surface area contributed by atoms with E-state index in [9.17, 15) is 13.0 Å². The Kier molecular flexibility index (Phi) is 6.04. The maximum atomic E-state index is 11.9. The number of hydrogen-bond acceptors (Lipinski definition) is 5. The molecule has 1 aromatic rings. The summed E-state index contributed by atoms with van der Waals surface area (Å²) >= 11 is 7.16. The minimum Gasteiger partial charge on any atom is -0.213 e. The van der Waals surface area contributed by atoms with Gasteiger partial charge in [-0.05, 0) is 22.5 Å². The van der Waals surface area contributed by atoms with E-state index in [-0.39, 0.29) is 9.92 Å². The van der Waals surface area contributed by atoms with Crippen LogP contribution in [0.2, 0.25) is 5.02 Å². The summed E-state index contributed by atoms with van der Waals surface area (Å²) < 4.78 is 38.8. The Labute approximate surface area is 115 Å². The Balaban J connectivity index is 3.17. The maximum Gasteiger partial charge on any atom is 0.535 e. The molecule has 0 amide bonds. The molecule has 0 heterocycles. The summed E-state index contributed by atoms with van der Waals surface area (Å²) in [5.41, 5.74) is 0. The first-order valence-corrected chi connectivity index (χ1v) is 8.99. The first-order valence-electron chi connectivity index (χ1n) is 4.82. The molecule has 1 rings (SSSR count). The summed E-state index contributed by atoms with van der Waals surface area (Å²) in [7, 11) is -6.82. The number of thioether (sulfide) groups is 1. The summed E-state index contributed by atoms with van der Waals surface area (Å²) in [4.78, 5) is 8.89. The zero-order valence-electron chi connectivity index (χ0n) is 9.37. The van der Waals surface area contributed by atoms with Gasteiger partial charge in [0.15, 0.2) is 0 Å². The fraction of sp³-hybridized carbons (Fsp3) is 0.333. The van der Waals surface area contributed by atoms with Crippen molar-refractivity contribution in [3.63, 3.8) is 0 Å². The van der Waals surface area contributed by atoms with Crippen LogP contribution < -0.4 is 0 Å². The van der Waals surface area contributed by atoms with Crippen molar-refractivity contribution in [3.05, 3.63) is 23.2 Å². The van der Waals surface area contributed by atoms with Gasteiger partial charge < -0.3 is 0 Å². The molecule has 1 N–H and O–H groups in total. The van der Waals surface area contributed by atoms with Crippen molar-refractivity contribution in [2.24, 2.45) is 0 Å². The van der Waals surface area contributed by atoms with Gasteiger partial charge >= 0.3 is 18.1 Å². The summed E-state index contributed by atoms with van der Waals surface area (Å²) in [6.45, 7) is 1.87. The third kappa shape index (κ3) is 4.19. The number of halogens is 1. The number of hydrogen-bond donors (Lipinski definition) is 1. The largest absolute Gasteiger partial charge is 0.535 e. The molecule has 5 nitrogen and oxygen atoms in total. The molecule has 0 aliphatic carbocycles. The molecule has 0 bridgehead atoms. The molecule has 0 aliphatic heterocycles. The van der Waals surface area contributed by atoms with Crippen LogP contribution in [0.1, 0.15) is 6.92 Å². The lowest BCUT2D eigenvalue weighted by Crippen LogP contribution is -2.08. The molecule has 0 saturated heterocycles. The summed E-state index contributed by atoms with van der Waals surface area (Å²) in [6, 6.07) is 4.66. The van der Waals surface area contributed by atoms with Crippen molar-refractivity contribution in [1.29, 1.82) is 0 Å². The maximum absolute atomic E-state index is 11.9. The van der Waals surface area contributed by atoms with Crippen molar-refractivity contribution in [2.75, 3.05) is 12.1 Å². The summed E-state index contributed by atoms with van der Waals surface area (Å²) in [5, 5.41) is 0.0293. The smallest absolute Gasteiger partial charge is 0.213 e. The molecule has 0 saturated carbocycles. The molecule has 0 spiro atoms. The van der Waals surface area contributed by atoms with Crippen LogP contribution in [-0.2, 0) is 18.9 Å². The fourth-order valence-electron chi connectivity index (χ4n) is 1.17. The van der Waals surface area contributed by atoms with E-state index >= 15 is 0 Å². The van der Waals surface area contributed by atoms with Crippen LogP contribution in [0.4, 0.5) is 0 Å². The molecule has 0 radical (unpaired) electrons. The second kappa shape index (κ2) is 6.84. The van der Waals surface area contributed by atoms with Crippen molar-refractivity contribution < 1.29 is 22.1 Å². The van der Waals surface area contributed by atoms with Gasteiger partial charge in [-0.25, -0.2) is 4.18 Å². The van der Waals surface area contributed by atoms with Crippen LogP contribution in [0.3, 0.4) is 0 Å². The highest BCUT2D eigenvalue weighted by Crippen LogP contribution is 2.34. The molecular weight excluding hydrogens is 319 g/mol. The molecule has 0 fully saturated rings. The van der Waals surface area contributed by atoms with Gasteiger partial charge in [-0.2, -0.15) is 13.3 Å². The summed E-state index contributed by atoms with van der Waals surface area (Å²) in [5.74, 6) is 0.664. The standard InChI is InChI=1S/C9H10ClO5PS2/c1-2-17-8-5-3-4-7(10)9(8)18(13,14)15-6-16(11)12/h3-5H,2,6H2,1H3/p+1. The molecule has 1 unspecified atom stereocenters. The van der Waals surface area contributed by atoms with E-state index in [4.69, 9.17) is 16.5 Å². The van der Waals surface area contributed by atoms with Crippen LogP contribution in [0.5, 0.6) is 0 Å². The zero-order valence-corrected chi connectivity index (χ0v) is 12.7. The fourth-order valence-corrected chi connectivity index (χ4v) is 4.55. The normalized spacial score (nSPS) is 12.5. The van der Waals surface area contributed by atoms with Gasteiger partial charge in [0.2, 0.25) is 0 Å². The van der Waals surface area contributed by atoms with E-state index < -0.39 is 24.5 Å². The molecule has 0 aliphatic rings. The van der Waals surface area contributed by atoms with Crippen LogP contribution in [0, 0.1) is 0 Å². The zero-order chi connectivity index (χ0) is 13.8. The highest BCUT2D eigenvalue weighted by atomic mass is 35.5. The van der Waals surface area contributed by atoms with E-state index in [0.717, 1.165) is 0 Å². The third-order valence-corrected chi connectivity index (χ3v) is 5.19. The Morgan fingerprint density at radius 3 is 2.72 bits per heavy atom. The lowest BCUT2D eigenvalue weighted by Gasteiger charge is -2.09. The van der Waals surface area contributed by atoms with Crippen LogP contribution in [0.15, 0.2) is 28.0 Å². The minimum absolute atomic E-state index is 0.0293. The molecule has 1 atom stereocenters. The Morgan fingerprint density at radius 2 is 2.17 bits per heavy atom. The Morgan fingerprint density at radius 1 is 1.50 bits per heavy atom. The summed E-state index contributed by atoms with van der Waals surface area (Å²) in [6.07, 6.45) is -0.779. The monoisotopic (exact) mass is 329 g/mol. The molecule has 18 heavy (non-hydrogen) atoms. The van der Waals surface area contributed by atoms with Crippen molar-refractivity contribution in [3.8, 4) is 0 Å². The van der Waals surface area contributed by atoms with Crippen molar-refractivity contribution in [2.45, 2.75) is 16.7 Å². The van der Waals surface area contributed by atoms with Gasteiger partial charge in [-0.3, -0.25) is 0 Å². The minimum atomic E-state index is -4.14. The van der Waals surface area contributed by atoms with E-state index in [1.165, 1.54) is 17.8 Å². The van der Waals surface area contributed by atoms with Crippen molar-refractivity contribution >= 4 is 41.5 Å². The van der Waals surface area contributed by atoms with Crippen LogP contribution in [0.25, 0.3) is 0 Å². The van der Waals surface area contributed by atoms with Crippen LogP contribution >= 0.6 is 31.4 Å². The van der Waals surface area contributed by atoms with Crippen LogP contribution in [-0.4, -0.2) is 25.4 Å². The lowest BCUT2D eigenvalue weighted by molar-refractivity contribution is 0.354. The van der Waals surface area contributed by atoms with Crippen molar-refractivity contribution in [1.82, 2.24) is 0 Å². The molecule has 1 aromatic carbocycles. The van der Waals surface area contributed by atoms with E-state index in [0.29, 0.717) is 10.6 Å². The second-order valence-electron chi connectivity index (χ2n) is 3.05. The van der Waals surface area contributed by atoms with Gasteiger partial charge in [0.1, 0.15) is 4.90 Å². The second-order valence-corrected chi connectivity index (χ2v) is 7.28. The molecule has 0 aromatic heterocycles.